The Bertz CT molecular complexity index is 765. The highest BCUT2D eigenvalue weighted by Gasteiger charge is 2.31. The number of hydrogen-bond donors (Lipinski definition) is 2. The van der Waals surface area contributed by atoms with Crippen LogP contribution in [0.3, 0.4) is 0 Å². The minimum absolute atomic E-state index is 0.0274. The average molecular weight is 395 g/mol. The fraction of sp³-hybridized carbons (Fsp3) is 0.632. The predicted molar refractivity (Wildman–Crippen MR) is 105 cm³/mol. The first-order valence-electron chi connectivity index (χ1n) is 9.54. The summed E-state index contributed by atoms with van der Waals surface area (Å²) in [6.45, 7) is 10.9. The highest BCUT2D eigenvalue weighted by atomic mass is 32.2. The van der Waals surface area contributed by atoms with Crippen LogP contribution < -0.4 is 10.0 Å². The van der Waals surface area contributed by atoms with E-state index < -0.39 is 15.6 Å². The van der Waals surface area contributed by atoms with Gasteiger partial charge in [0.05, 0.1) is 4.90 Å². The summed E-state index contributed by atoms with van der Waals surface area (Å²) in [5.74, 6) is -0.0274. The molecule has 3 rings (SSSR count). The fourth-order valence-electron chi connectivity index (χ4n) is 3.69. The second-order valence-corrected chi connectivity index (χ2v) is 10.0. The molecule has 1 aromatic carbocycles. The maximum Gasteiger partial charge on any atom is 0.253 e. The molecule has 1 atom stereocenters. The number of nitrogens with one attached hydrogen (secondary N) is 2. The van der Waals surface area contributed by atoms with Gasteiger partial charge in [0.2, 0.25) is 10.0 Å². The molecular formula is C19H30N4O3S. The molecule has 2 N–H and O–H groups in total. The second kappa shape index (κ2) is 7.87. The van der Waals surface area contributed by atoms with Crippen LogP contribution in [0.4, 0.5) is 0 Å². The standard InChI is InChI=1S/C19H30N4O3S/c1-19(2,3)21-27(25,26)17-6-4-15(5-7-17)18(24)23-11-8-16(14-23)22-12-9-20-10-13-22/h4-7,16,20-21H,8-14H2,1-3H3. The highest BCUT2D eigenvalue weighted by molar-refractivity contribution is 7.89. The molecule has 1 aromatic rings. The number of carbonyl (C=O) groups is 1. The second-order valence-electron chi connectivity index (χ2n) is 8.36. The third kappa shape index (κ3) is 5.07. The van der Waals surface area contributed by atoms with Crippen LogP contribution in [0.1, 0.15) is 37.6 Å². The Balaban J connectivity index is 1.64. The summed E-state index contributed by atoms with van der Waals surface area (Å²) < 4.78 is 27.4. The molecule has 2 heterocycles. The number of amides is 1. The molecule has 7 nitrogen and oxygen atoms in total. The molecule has 1 unspecified atom stereocenters. The number of rotatable bonds is 4. The van der Waals surface area contributed by atoms with Crippen molar-refractivity contribution in [2.75, 3.05) is 39.3 Å². The number of hydrogen-bond acceptors (Lipinski definition) is 5. The molecule has 0 aromatic heterocycles. The zero-order chi connectivity index (χ0) is 19.7. The van der Waals surface area contributed by atoms with Crippen molar-refractivity contribution in [3.63, 3.8) is 0 Å². The van der Waals surface area contributed by atoms with E-state index in [1.54, 1.807) is 32.9 Å². The molecule has 0 radical (unpaired) electrons. The lowest BCUT2D eigenvalue weighted by Gasteiger charge is -2.32. The number of carbonyl (C=O) groups excluding carboxylic acids is 1. The first kappa shape index (κ1) is 20.3. The lowest BCUT2D eigenvalue weighted by molar-refractivity contribution is 0.0773. The Morgan fingerprint density at radius 2 is 1.74 bits per heavy atom. The zero-order valence-electron chi connectivity index (χ0n) is 16.4. The van der Waals surface area contributed by atoms with Crippen LogP contribution in [0.5, 0.6) is 0 Å². The molecule has 2 fully saturated rings. The lowest BCUT2D eigenvalue weighted by atomic mass is 10.1. The largest absolute Gasteiger partial charge is 0.337 e. The molecular weight excluding hydrogens is 364 g/mol. The first-order chi connectivity index (χ1) is 12.7. The number of benzene rings is 1. The van der Waals surface area contributed by atoms with E-state index in [9.17, 15) is 13.2 Å². The molecule has 0 spiro atoms. The van der Waals surface area contributed by atoms with Gasteiger partial charge in [0, 0.05) is 56.4 Å². The third-order valence-electron chi connectivity index (χ3n) is 4.97. The summed E-state index contributed by atoms with van der Waals surface area (Å²) in [4.78, 5) is 17.3. The summed E-state index contributed by atoms with van der Waals surface area (Å²) >= 11 is 0. The van der Waals surface area contributed by atoms with Crippen LogP contribution >= 0.6 is 0 Å². The van der Waals surface area contributed by atoms with Crippen LogP contribution in [0.15, 0.2) is 29.2 Å². The van der Waals surface area contributed by atoms with Crippen molar-refractivity contribution in [2.45, 2.75) is 43.7 Å². The minimum atomic E-state index is -3.59. The summed E-state index contributed by atoms with van der Waals surface area (Å²) in [5, 5.41) is 3.35. The summed E-state index contributed by atoms with van der Waals surface area (Å²) in [6.07, 6.45) is 0.994. The normalized spacial score (nSPS) is 22.2. The van der Waals surface area contributed by atoms with Crippen molar-refractivity contribution in [1.29, 1.82) is 0 Å². The molecule has 0 aliphatic carbocycles. The Morgan fingerprint density at radius 1 is 1.11 bits per heavy atom. The van der Waals surface area contributed by atoms with Gasteiger partial charge in [-0.1, -0.05) is 0 Å². The topological polar surface area (TPSA) is 81.8 Å². The lowest BCUT2D eigenvalue weighted by Crippen LogP contribution is -2.49. The molecule has 150 valence electrons. The average Bonchev–Trinajstić information content (AvgIpc) is 3.10. The van der Waals surface area contributed by atoms with E-state index in [-0.39, 0.29) is 10.8 Å². The Kier molecular flexibility index (Phi) is 5.90. The predicted octanol–water partition coefficient (Wildman–Crippen LogP) is 0.883. The molecule has 0 saturated carbocycles. The maximum absolute atomic E-state index is 12.8. The van der Waals surface area contributed by atoms with E-state index in [4.69, 9.17) is 0 Å². The summed E-state index contributed by atoms with van der Waals surface area (Å²) in [6, 6.07) is 6.65. The van der Waals surface area contributed by atoms with Crippen molar-refractivity contribution >= 4 is 15.9 Å². The number of likely N-dealkylation sites (tertiary alicyclic amines) is 1. The van der Waals surface area contributed by atoms with E-state index in [1.165, 1.54) is 12.1 Å². The van der Waals surface area contributed by atoms with Crippen LogP contribution in [-0.2, 0) is 10.0 Å². The number of nitrogens with zero attached hydrogens (tertiary/aromatic N) is 2. The van der Waals surface area contributed by atoms with E-state index in [0.29, 0.717) is 11.6 Å². The van der Waals surface area contributed by atoms with Crippen molar-refractivity contribution < 1.29 is 13.2 Å². The Morgan fingerprint density at radius 3 is 2.33 bits per heavy atom. The van der Waals surface area contributed by atoms with Gasteiger partial charge in [0.25, 0.3) is 5.91 Å². The van der Waals surface area contributed by atoms with E-state index >= 15 is 0 Å². The molecule has 1 amide bonds. The van der Waals surface area contributed by atoms with Crippen LogP contribution in [0, 0.1) is 0 Å². The van der Waals surface area contributed by atoms with Gasteiger partial charge in [-0.25, -0.2) is 13.1 Å². The molecule has 8 heteroatoms. The monoisotopic (exact) mass is 394 g/mol. The number of sulfonamides is 1. The van der Waals surface area contributed by atoms with E-state index in [2.05, 4.69) is 14.9 Å². The van der Waals surface area contributed by atoms with Gasteiger partial charge in [0.1, 0.15) is 0 Å². The van der Waals surface area contributed by atoms with Gasteiger partial charge in [-0.3, -0.25) is 9.69 Å². The summed E-state index contributed by atoms with van der Waals surface area (Å²) in [7, 11) is -3.59. The molecule has 2 saturated heterocycles. The van der Waals surface area contributed by atoms with Gasteiger partial charge in [-0.2, -0.15) is 0 Å². The number of piperazine rings is 1. The molecule has 27 heavy (non-hydrogen) atoms. The van der Waals surface area contributed by atoms with Gasteiger partial charge in [0.15, 0.2) is 0 Å². The van der Waals surface area contributed by atoms with Crippen LogP contribution in [-0.4, -0.2) is 75.0 Å². The maximum atomic E-state index is 12.8. The van der Waals surface area contributed by atoms with E-state index in [1.807, 2.05) is 4.90 Å². The van der Waals surface area contributed by atoms with Gasteiger partial charge < -0.3 is 10.2 Å². The first-order valence-corrected chi connectivity index (χ1v) is 11.0. The van der Waals surface area contributed by atoms with Crippen molar-refractivity contribution in [1.82, 2.24) is 19.8 Å². The van der Waals surface area contributed by atoms with Gasteiger partial charge in [-0.05, 0) is 51.5 Å². The molecule has 2 aliphatic heterocycles. The van der Waals surface area contributed by atoms with Crippen LogP contribution in [0.2, 0.25) is 0 Å². The van der Waals surface area contributed by atoms with Crippen molar-refractivity contribution in [3.8, 4) is 0 Å². The Hall–Kier alpha value is -1.48. The van der Waals surface area contributed by atoms with Crippen LogP contribution in [0.25, 0.3) is 0 Å². The highest BCUT2D eigenvalue weighted by Crippen LogP contribution is 2.20. The van der Waals surface area contributed by atoms with E-state index in [0.717, 1.165) is 45.7 Å². The smallest absolute Gasteiger partial charge is 0.253 e. The Labute approximate surface area is 162 Å². The molecule has 2 aliphatic rings. The fourth-order valence-corrected chi connectivity index (χ4v) is 5.11. The SMILES string of the molecule is CC(C)(C)NS(=O)(=O)c1ccc(C(=O)N2CCC(N3CCNCC3)C2)cc1. The van der Waals surface area contributed by atoms with Crippen molar-refractivity contribution in [3.05, 3.63) is 29.8 Å². The molecule has 0 bridgehead atoms. The quantitative estimate of drug-likeness (QED) is 0.792. The zero-order valence-corrected chi connectivity index (χ0v) is 17.2. The minimum Gasteiger partial charge on any atom is -0.337 e. The van der Waals surface area contributed by atoms with Gasteiger partial charge in [-0.15, -0.1) is 0 Å². The van der Waals surface area contributed by atoms with Crippen molar-refractivity contribution in [2.24, 2.45) is 0 Å². The third-order valence-corrected chi connectivity index (χ3v) is 6.74. The van der Waals surface area contributed by atoms with Gasteiger partial charge >= 0.3 is 0 Å². The summed E-state index contributed by atoms with van der Waals surface area (Å²) in [5.41, 5.74) is -0.0207.